The van der Waals surface area contributed by atoms with E-state index in [1.165, 1.54) is 6.42 Å². The Morgan fingerprint density at radius 2 is 2.24 bits per heavy atom. The number of carbonyl (C=O) groups excluding carboxylic acids is 1. The summed E-state index contributed by atoms with van der Waals surface area (Å²) in [5, 5.41) is 9.33. The molecule has 1 aliphatic heterocycles. The van der Waals surface area contributed by atoms with Gasteiger partial charge in [-0.1, -0.05) is 12.8 Å². The molecule has 1 unspecified atom stereocenters. The van der Waals surface area contributed by atoms with E-state index in [0.717, 1.165) is 32.2 Å². The molecule has 0 radical (unpaired) electrons. The Labute approximate surface area is 104 Å². The summed E-state index contributed by atoms with van der Waals surface area (Å²) in [6.45, 7) is 4.21. The normalized spacial score (nSPS) is 21.3. The van der Waals surface area contributed by atoms with Gasteiger partial charge in [-0.05, 0) is 26.2 Å². The third-order valence-corrected chi connectivity index (χ3v) is 3.29. The highest BCUT2D eigenvalue weighted by atomic mass is 16.5. The molecule has 4 nitrogen and oxygen atoms in total. The average Bonchev–Trinajstić information content (AvgIpc) is 2.59. The summed E-state index contributed by atoms with van der Waals surface area (Å²) in [5.74, 6) is 0.172. The van der Waals surface area contributed by atoms with E-state index in [-0.39, 0.29) is 18.6 Å². The second kappa shape index (κ2) is 8.48. The summed E-state index contributed by atoms with van der Waals surface area (Å²) in [7, 11) is 0. The Hall–Kier alpha value is -0.610. The first kappa shape index (κ1) is 14.5. The van der Waals surface area contributed by atoms with Crippen LogP contribution in [0.3, 0.4) is 0 Å². The van der Waals surface area contributed by atoms with Crippen molar-refractivity contribution >= 4 is 5.91 Å². The standard InChI is InChI=1S/C13H25NO3/c1-2-17-10-6-8-13(16)14-9-5-3-4-7-12(14)11-15/h12,15H,2-11H2,1H3. The molecule has 1 atom stereocenters. The maximum Gasteiger partial charge on any atom is 0.222 e. The molecule has 1 saturated heterocycles. The van der Waals surface area contributed by atoms with Crippen molar-refractivity contribution in [3.05, 3.63) is 0 Å². The predicted octanol–water partition coefficient (Wildman–Crippen LogP) is 1.57. The highest BCUT2D eigenvalue weighted by Gasteiger charge is 2.24. The van der Waals surface area contributed by atoms with Gasteiger partial charge in [0.2, 0.25) is 5.91 Å². The molecule has 0 aromatic rings. The number of aliphatic hydroxyl groups excluding tert-OH is 1. The first-order chi connectivity index (χ1) is 8.29. The highest BCUT2D eigenvalue weighted by molar-refractivity contribution is 5.76. The first-order valence-electron chi connectivity index (χ1n) is 6.77. The highest BCUT2D eigenvalue weighted by Crippen LogP contribution is 2.17. The maximum atomic E-state index is 12.0. The van der Waals surface area contributed by atoms with Crippen molar-refractivity contribution in [2.24, 2.45) is 0 Å². The summed E-state index contributed by atoms with van der Waals surface area (Å²) in [4.78, 5) is 13.9. The number of ether oxygens (including phenoxy) is 1. The number of likely N-dealkylation sites (tertiary alicyclic amines) is 1. The van der Waals surface area contributed by atoms with Crippen LogP contribution >= 0.6 is 0 Å². The molecule has 1 N–H and O–H groups in total. The number of amides is 1. The minimum atomic E-state index is 0.0390. The fraction of sp³-hybridized carbons (Fsp3) is 0.923. The number of hydrogen-bond donors (Lipinski definition) is 1. The number of carbonyl (C=O) groups is 1. The molecule has 0 aromatic carbocycles. The van der Waals surface area contributed by atoms with Gasteiger partial charge in [0.05, 0.1) is 12.6 Å². The Bertz CT molecular complexity index is 221. The Kier molecular flexibility index (Phi) is 7.21. The van der Waals surface area contributed by atoms with E-state index in [1.54, 1.807) is 0 Å². The van der Waals surface area contributed by atoms with E-state index in [1.807, 2.05) is 11.8 Å². The average molecular weight is 243 g/mol. The zero-order valence-corrected chi connectivity index (χ0v) is 10.9. The predicted molar refractivity (Wildman–Crippen MR) is 66.8 cm³/mol. The lowest BCUT2D eigenvalue weighted by Gasteiger charge is -2.28. The van der Waals surface area contributed by atoms with Crippen molar-refractivity contribution < 1.29 is 14.6 Å². The van der Waals surface area contributed by atoms with E-state index in [0.29, 0.717) is 19.6 Å². The van der Waals surface area contributed by atoms with Crippen molar-refractivity contribution in [1.82, 2.24) is 4.90 Å². The zero-order chi connectivity index (χ0) is 12.5. The van der Waals surface area contributed by atoms with Crippen LogP contribution in [-0.2, 0) is 9.53 Å². The topological polar surface area (TPSA) is 49.8 Å². The van der Waals surface area contributed by atoms with Crippen LogP contribution in [0.1, 0.15) is 45.4 Å². The minimum Gasteiger partial charge on any atom is -0.394 e. The van der Waals surface area contributed by atoms with Crippen LogP contribution in [0.15, 0.2) is 0 Å². The van der Waals surface area contributed by atoms with E-state index in [2.05, 4.69) is 0 Å². The van der Waals surface area contributed by atoms with Crippen molar-refractivity contribution in [2.45, 2.75) is 51.5 Å². The lowest BCUT2D eigenvalue weighted by atomic mass is 10.1. The first-order valence-corrected chi connectivity index (χ1v) is 6.77. The van der Waals surface area contributed by atoms with Crippen LogP contribution in [-0.4, -0.2) is 48.3 Å². The van der Waals surface area contributed by atoms with Crippen molar-refractivity contribution in [2.75, 3.05) is 26.4 Å². The lowest BCUT2D eigenvalue weighted by molar-refractivity contribution is -0.134. The smallest absolute Gasteiger partial charge is 0.222 e. The molecule has 1 aliphatic rings. The van der Waals surface area contributed by atoms with Gasteiger partial charge in [-0.3, -0.25) is 4.79 Å². The van der Waals surface area contributed by atoms with Gasteiger partial charge in [0.25, 0.3) is 0 Å². The van der Waals surface area contributed by atoms with Gasteiger partial charge in [0.15, 0.2) is 0 Å². The van der Waals surface area contributed by atoms with Gasteiger partial charge >= 0.3 is 0 Å². The van der Waals surface area contributed by atoms with E-state index < -0.39 is 0 Å². The third-order valence-electron chi connectivity index (χ3n) is 3.29. The van der Waals surface area contributed by atoms with Gasteiger partial charge in [0, 0.05) is 26.2 Å². The summed E-state index contributed by atoms with van der Waals surface area (Å²) >= 11 is 0. The second-order valence-corrected chi connectivity index (χ2v) is 4.57. The van der Waals surface area contributed by atoms with E-state index in [9.17, 15) is 9.90 Å². The fourth-order valence-electron chi connectivity index (χ4n) is 2.31. The number of aliphatic hydroxyl groups is 1. The van der Waals surface area contributed by atoms with Crippen LogP contribution in [0.25, 0.3) is 0 Å². The summed E-state index contributed by atoms with van der Waals surface area (Å²) in [6.07, 6.45) is 5.60. The summed E-state index contributed by atoms with van der Waals surface area (Å²) in [6, 6.07) is 0.0390. The Morgan fingerprint density at radius 3 is 2.94 bits per heavy atom. The molecule has 1 fully saturated rings. The van der Waals surface area contributed by atoms with Gasteiger partial charge in [0.1, 0.15) is 0 Å². The Morgan fingerprint density at radius 1 is 1.41 bits per heavy atom. The molecule has 0 aromatic heterocycles. The van der Waals surface area contributed by atoms with Crippen LogP contribution in [0, 0.1) is 0 Å². The van der Waals surface area contributed by atoms with Gasteiger partial charge < -0.3 is 14.7 Å². The molecular formula is C13H25NO3. The summed E-state index contributed by atoms with van der Waals surface area (Å²) < 4.78 is 5.23. The largest absolute Gasteiger partial charge is 0.394 e. The molecule has 1 amide bonds. The molecular weight excluding hydrogens is 218 g/mol. The molecule has 1 heterocycles. The third kappa shape index (κ3) is 5.04. The van der Waals surface area contributed by atoms with E-state index >= 15 is 0 Å². The number of nitrogens with zero attached hydrogens (tertiary/aromatic N) is 1. The minimum absolute atomic E-state index is 0.0390. The molecule has 0 saturated carbocycles. The fourth-order valence-corrected chi connectivity index (χ4v) is 2.31. The van der Waals surface area contributed by atoms with E-state index in [4.69, 9.17) is 4.74 Å². The second-order valence-electron chi connectivity index (χ2n) is 4.57. The van der Waals surface area contributed by atoms with Crippen LogP contribution in [0.4, 0.5) is 0 Å². The summed E-state index contributed by atoms with van der Waals surface area (Å²) in [5.41, 5.74) is 0. The molecule has 0 bridgehead atoms. The van der Waals surface area contributed by atoms with Crippen molar-refractivity contribution in [1.29, 1.82) is 0 Å². The molecule has 100 valence electrons. The number of hydrogen-bond acceptors (Lipinski definition) is 3. The molecule has 0 aliphatic carbocycles. The van der Waals surface area contributed by atoms with Crippen LogP contribution < -0.4 is 0 Å². The maximum absolute atomic E-state index is 12.0. The van der Waals surface area contributed by atoms with Gasteiger partial charge in [-0.15, -0.1) is 0 Å². The molecule has 17 heavy (non-hydrogen) atoms. The van der Waals surface area contributed by atoms with Gasteiger partial charge in [-0.2, -0.15) is 0 Å². The van der Waals surface area contributed by atoms with Crippen LogP contribution in [0.5, 0.6) is 0 Å². The molecule has 1 rings (SSSR count). The SMILES string of the molecule is CCOCCCC(=O)N1CCCCCC1CO. The van der Waals surface area contributed by atoms with Gasteiger partial charge in [-0.25, -0.2) is 0 Å². The lowest BCUT2D eigenvalue weighted by Crippen LogP contribution is -2.42. The molecule has 0 spiro atoms. The van der Waals surface area contributed by atoms with Crippen molar-refractivity contribution in [3.63, 3.8) is 0 Å². The monoisotopic (exact) mass is 243 g/mol. The number of rotatable bonds is 6. The quantitative estimate of drug-likeness (QED) is 0.720. The van der Waals surface area contributed by atoms with Crippen molar-refractivity contribution in [3.8, 4) is 0 Å². The molecule has 4 heteroatoms. The zero-order valence-electron chi connectivity index (χ0n) is 10.9. The Balaban J connectivity index is 2.35. The van der Waals surface area contributed by atoms with Crippen LogP contribution in [0.2, 0.25) is 0 Å².